The van der Waals surface area contributed by atoms with E-state index in [2.05, 4.69) is 18.0 Å². The molecule has 1 aromatic carbocycles. The van der Waals surface area contributed by atoms with Crippen LogP contribution < -0.4 is 0 Å². The molecule has 2 nitrogen and oxygen atoms in total. The number of oxazole rings is 1. The molecule has 0 saturated heterocycles. The Kier molecular flexibility index (Phi) is 2.05. The van der Waals surface area contributed by atoms with Crippen molar-refractivity contribution in [3.63, 3.8) is 0 Å². The Labute approximate surface area is 77.6 Å². The summed E-state index contributed by atoms with van der Waals surface area (Å²) in [6, 6.07) is 6.14. The molecular weight excluding hydrogens is 162 g/mol. The molecule has 0 fully saturated rings. The summed E-state index contributed by atoms with van der Waals surface area (Å²) < 4.78 is 5.54. The monoisotopic (exact) mass is 175 g/mol. The lowest BCUT2D eigenvalue weighted by Gasteiger charge is -1.97. The molecule has 2 heteroatoms. The largest absolute Gasteiger partial charge is 0.441 e. The molecule has 0 radical (unpaired) electrons. The van der Waals surface area contributed by atoms with Gasteiger partial charge in [-0.25, -0.2) is 4.98 Å². The predicted molar refractivity (Wildman–Crippen MR) is 52.7 cm³/mol. The summed E-state index contributed by atoms with van der Waals surface area (Å²) >= 11 is 0. The van der Waals surface area contributed by atoms with Crippen LogP contribution in [0.4, 0.5) is 0 Å². The molecule has 0 spiro atoms. The van der Waals surface area contributed by atoms with Crippen LogP contribution >= 0.6 is 0 Å². The van der Waals surface area contributed by atoms with Gasteiger partial charge in [0.25, 0.3) is 0 Å². The molecular formula is C11H13NO. The molecule has 2 rings (SSSR count). The van der Waals surface area contributed by atoms with E-state index in [9.17, 15) is 0 Å². The second-order valence-electron chi connectivity index (χ2n) is 3.25. The SMILES string of the molecule is CCCc1cccc2nc(C)oc12. The van der Waals surface area contributed by atoms with Gasteiger partial charge in [0.2, 0.25) is 0 Å². The van der Waals surface area contributed by atoms with Gasteiger partial charge >= 0.3 is 0 Å². The van der Waals surface area contributed by atoms with Gasteiger partial charge < -0.3 is 4.42 Å². The Morgan fingerprint density at radius 3 is 3.00 bits per heavy atom. The minimum Gasteiger partial charge on any atom is -0.441 e. The Hall–Kier alpha value is -1.31. The fourth-order valence-corrected chi connectivity index (χ4v) is 1.58. The Balaban J connectivity index is 2.60. The van der Waals surface area contributed by atoms with Crippen molar-refractivity contribution >= 4 is 11.1 Å². The van der Waals surface area contributed by atoms with E-state index >= 15 is 0 Å². The van der Waals surface area contributed by atoms with Crippen LogP contribution in [0.3, 0.4) is 0 Å². The topological polar surface area (TPSA) is 26.0 Å². The average molecular weight is 175 g/mol. The maximum Gasteiger partial charge on any atom is 0.192 e. The van der Waals surface area contributed by atoms with Crippen LogP contribution in [-0.4, -0.2) is 4.98 Å². The third kappa shape index (κ3) is 1.44. The van der Waals surface area contributed by atoms with E-state index in [1.807, 2.05) is 19.1 Å². The standard InChI is InChI=1S/C11H13NO/c1-3-5-9-6-4-7-10-11(9)13-8(2)12-10/h4,6-7H,3,5H2,1-2H3. The molecule has 0 saturated carbocycles. The number of rotatable bonds is 2. The zero-order valence-corrected chi connectivity index (χ0v) is 8.00. The fourth-order valence-electron chi connectivity index (χ4n) is 1.58. The molecule has 0 bridgehead atoms. The number of aromatic nitrogens is 1. The highest BCUT2D eigenvalue weighted by atomic mass is 16.3. The normalized spacial score (nSPS) is 10.9. The summed E-state index contributed by atoms with van der Waals surface area (Å²) in [5, 5.41) is 0. The van der Waals surface area contributed by atoms with E-state index < -0.39 is 0 Å². The quantitative estimate of drug-likeness (QED) is 0.701. The van der Waals surface area contributed by atoms with Gasteiger partial charge in [-0.2, -0.15) is 0 Å². The van der Waals surface area contributed by atoms with Gasteiger partial charge in [-0.1, -0.05) is 25.5 Å². The van der Waals surface area contributed by atoms with Crippen LogP contribution in [0, 0.1) is 6.92 Å². The van der Waals surface area contributed by atoms with E-state index in [1.54, 1.807) is 0 Å². The third-order valence-electron chi connectivity index (χ3n) is 2.12. The van der Waals surface area contributed by atoms with Crippen molar-refractivity contribution in [1.29, 1.82) is 0 Å². The summed E-state index contributed by atoms with van der Waals surface area (Å²) in [5.41, 5.74) is 3.20. The van der Waals surface area contributed by atoms with E-state index in [4.69, 9.17) is 4.42 Å². The van der Waals surface area contributed by atoms with Gasteiger partial charge in [0, 0.05) is 6.92 Å². The number of aryl methyl sites for hydroxylation is 2. The van der Waals surface area contributed by atoms with Crippen molar-refractivity contribution in [3.05, 3.63) is 29.7 Å². The number of hydrogen-bond donors (Lipinski definition) is 0. The van der Waals surface area contributed by atoms with Crippen molar-refractivity contribution in [2.75, 3.05) is 0 Å². The highest BCUT2D eigenvalue weighted by Crippen LogP contribution is 2.20. The first kappa shape index (κ1) is 8.30. The van der Waals surface area contributed by atoms with Crippen LogP contribution in [0.25, 0.3) is 11.1 Å². The molecule has 1 heterocycles. The molecule has 68 valence electrons. The first-order chi connectivity index (χ1) is 6.31. The van der Waals surface area contributed by atoms with Crippen LogP contribution in [0.15, 0.2) is 22.6 Å². The average Bonchev–Trinajstić information content (AvgIpc) is 2.47. The summed E-state index contributed by atoms with van der Waals surface area (Å²) in [7, 11) is 0. The zero-order chi connectivity index (χ0) is 9.26. The Bertz CT molecular complexity index is 417. The molecule has 0 N–H and O–H groups in total. The minimum atomic E-state index is 0.749. The predicted octanol–water partition coefficient (Wildman–Crippen LogP) is 3.09. The van der Waals surface area contributed by atoms with Gasteiger partial charge in [0.1, 0.15) is 5.52 Å². The third-order valence-corrected chi connectivity index (χ3v) is 2.12. The van der Waals surface area contributed by atoms with E-state index in [0.717, 1.165) is 29.8 Å². The molecule has 13 heavy (non-hydrogen) atoms. The van der Waals surface area contributed by atoms with Crippen molar-refractivity contribution in [2.45, 2.75) is 26.7 Å². The van der Waals surface area contributed by atoms with Crippen molar-refractivity contribution in [3.8, 4) is 0 Å². The highest BCUT2D eigenvalue weighted by molar-refractivity contribution is 5.76. The number of fused-ring (bicyclic) bond motifs is 1. The van der Waals surface area contributed by atoms with Crippen molar-refractivity contribution < 1.29 is 4.42 Å². The van der Waals surface area contributed by atoms with E-state index in [0.29, 0.717) is 0 Å². The van der Waals surface area contributed by atoms with Crippen LogP contribution in [0.5, 0.6) is 0 Å². The van der Waals surface area contributed by atoms with E-state index in [1.165, 1.54) is 5.56 Å². The second-order valence-corrected chi connectivity index (χ2v) is 3.25. The smallest absolute Gasteiger partial charge is 0.192 e. The van der Waals surface area contributed by atoms with Gasteiger partial charge in [-0.3, -0.25) is 0 Å². The molecule has 0 aliphatic rings. The van der Waals surface area contributed by atoms with Gasteiger partial charge in [0.15, 0.2) is 11.5 Å². The lowest BCUT2D eigenvalue weighted by Crippen LogP contribution is -1.82. The van der Waals surface area contributed by atoms with Gasteiger partial charge in [0.05, 0.1) is 0 Å². The number of hydrogen-bond acceptors (Lipinski definition) is 2. The maximum absolute atomic E-state index is 5.54. The summed E-state index contributed by atoms with van der Waals surface area (Å²) in [4.78, 5) is 4.29. The molecule has 2 aromatic rings. The molecule has 0 amide bonds. The van der Waals surface area contributed by atoms with E-state index in [-0.39, 0.29) is 0 Å². The molecule has 0 unspecified atom stereocenters. The van der Waals surface area contributed by atoms with Crippen molar-refractivity contribution in [1.82, 2.24) is 4.98 Å². The molecule has 0 atom stereocenters. The number of para-hydroxylation sites is 1. The molecule has 0 aliphatic carbocycles. The first-order valence-corrected chi connectivity index (χ1v) is 4.66. The molecule has 1 aromatic heterocycles. The van der Waals surface area contributed by atoms with Gasteiger partial charge in [-0.15, -0.1) is 0 Å². The van der Waals surface area contributed by atoms with Crippen LogP contribution in [-0.2, 0) is 6.42 Å². The summed E-state index contributed by atoms with van der Waals surface area (Å²) in [6.07, 6.45) is 2.20. The highest BCUT2D eigenvalue weighted by Gasteiger charge is 2.05. The Morgan fingerprint density at radius 2 is 2.23 bits per heavy atom. The summed E-state index contributed by atoms with van der Waals surface area (Å²) in [6.45, 7) is 4.05. The maximum atomic E-state index is 5.54. The minimum absolute atomic E-state index is 0.749. The fraction of sp³-hybridized carbons (Fsp3) is 0.364. The Morgan fingerprint density at radius 1 is 1.38 bits per heavy atom. The number of benzene rings is 1. The van der Waals surface area contributed by atoms with Gasteiger partial charge in [-0.05, 0) is 18.1 Å². The van der Waals surface area contributed by atoms with Crippen LogP contribution in [0.2, 0.25) is 0 Å². The first-order valence-electron chi connectivity index (χ1n) is 4.66. The number of nitrogens with zero attached hydrogens (tertiary/aromatic N) is 1. The van der Waals surface area contributed by atoms with Crippen molar-refractivity contribution in [2.24, 2.45) is 0 Å². The summed E-state index contributed by atoms with van der Waals surface area (Å²) in [5.74, 6) is 0.749. The lowest BCUT2D eigenvalue weighted by atomic mass is 10.1. The molecule has 0 aliphatic heterocycles. The second kappa shape index (κ2) is 3.21. The zero-order valence-electron chi connectivity index (χ0n) is 8.00. The lowest BCUT2D eigenvalue weighted by molar-refractivity contribution is 0.557. The van der Waals surface area contributed by atoms with Crippen LogP contribution in [0.1, 0.15) is 24.8 Å².